The van der Waals surface area contributed by atoms with Crippen molar-refractivity contribution in [3.63, 3.8) is 0 Å². The van der Waals surface area contributed by atoms with Crippen LogP contribution < -0.4 is 14.8 Å². The lowest BCUT2D eigenvalue weighted by atomic mass is 9.84. The Hall–Kier alpha value is -3.01. The van der Waals surface area contributed by atoms with Gasteiger partial charge in [0.05, 0.1) is 19.1 Å². The summed E-state index contributed by atoms with van der Waals surface area (Å²) in [7, 11) is 1.55. The zero-order valence-corrected chi connectivity index (χ0v) is 17.5. The van der Waals surface area contributed by atoms with Crippen molar-refractivity contribution >= 4 is 34.1 Å². The van der Waals surface area contributed by atoms with E-state index < -0.39 is 11.6 Å². The molecule has 4 rings (SSSR count). The van der Waals surface area contributed by atoms with Crippen LogP contribution in [0.4, 0.5) is 5.13 Å². The van der Waals surface area contributed by atoms with Gasteiger partial charge in [0.1, 0.15) is 28.7 Å². The number of rotatable bonds is 4. The first-order valence-corrected chi connectivity index (χ1v) is 10.6. The van der Waals surface area contributed by atoms with Crippen molar-refractivity contribution in [2.45, 2.75) is 44.2 Å². The summed E-state index contributed by atoms with van der Waals surface area (Å²) < 4.78 is 11.5. The van der Waals surface area contributed by atoms with E-state index in [4.69, 9.17) is 9.47 Å². The molecule has 0 bridgehead atoms. The summed E-state index contributed by atoms with van der Waals surface area (Å²) in [4.78, 5) is 39.6. The van der Waals surface area contributed by atoms with Gasteiger partial charge in [-0.3, -0.25) is 19.7 Å². The lowest BCUT2D eigenvalue weighted by Gasteiger charge is -2.37. The Kier molecular flexibility index (Phi) is 5.42. The average Bonchev–Trinajstić information content (AvgIpc) is 3.19. The number of hydrogen-bond donors (Lipinski definition) is 1. The summed E-state index contributed by atoms with van der Waals surface area (Å²) in [5.74, 6) is 0.605. The fourth-order valence-electron chi connectivity index (χ4n) is 3.92. The maximum absolute atomic E-state index is 12.8. The van der Waals surface area contributed by atoms with Crippen molar-refractivity contribution in [3.8, 4) is 11.5 Å². The van der Waals surface area contributed by atoms with Crippen LogP contribution in [0.2, 0.25) is 0 Å². The Morgan fingerprint density at radius 1 is 1.37 bits per heavy atom. The number of carbonyl (C=O) groups is 3. The number of hydrogen-bond acceptors (Lipinski definition) is 8. The zero-order valence-electron chi connectivity index (χ0n) is 16.7. The smallest absolute Gasteiger partial charge is 0.248 e. The third-order valence-electron chi connectivity index (χ3n) is 5.66. The Balaban J connectivity index is 1.50. The van der Waals surface area contributed by atoms with Gasteiger partial charge in [-0.15, -0.1) is 10.2 Å². The minimum absolute atomic E-state index is 0.0122. The van der Waals surface area contributed by atoms with E-state index in [1.165, 1.54) is 16.8 Å². The predicted octanol–water partition coefficient (Wildman–Crippen LogP) is 2.29. The van der Waals surface area contributed by atoms with Gasteiger partial charge in [0.25, 0.3) is 0 Å². The Bertz CT molecular complexity index is 980. The van der Waals surface area contributed by atoms with Gasteiger partial charge in [0.15, 0.2) is 5.78 Å². The number of benzene rings is 1. The van der Waals surface area contributed by atoms with Crippen LogP contribution in [0, 0.1) is 0 Å². The lowest BCUT2D eigenvalue weighted by molar-refractivity contribution is -0.137. The number of nitrogens with one attached hydrogen (secondary N) is 1. The van der Waals surface area contributed by atoms with E-state index in [2.05, 4.69) is 15.5 Å². The van der Waals surface area contributed by atoms with E-state index >= 15 is 0 Å². The van der Waals surface area contributed by atoms with E-state index in [9.17, 15) is 14.4 Å². The van der Waals surface area contributed by atoms with E-state index in [-0.39, 0.29) is 30.4 Å². The van der Waals surface area contributed by atoms with Gasteiger partial charge in [-0.05, 0) is 25.5 Å². The number of fused-ring (bicyclic) bond motifs is 1. The number of likely N-dealkylation sites (tertiary alicyclic amines) is 1. The third kappa shape index (κ3) is 3.87. The minimum atomic E-state index is -0.768. The Morgan fingerprint density at radius 3 is 2.93 bits per heavy atom. The monoisotopic (exact) mass is 430 g/mol. The summed E-state index contributed by atoms with van der Waals surface area (Å²) in [6, 6.07) is 4.46. The van der Waals surface area contributed by atoms with Crippen LogP contribution in [-0.2, 0) is 9.59 Å². The largest absolute Gasteiger partial charge is 0.497 e. The van der Waals surface area contributed by atoms with E-state index in [1.807, 2.05) is 0 Å². The Labute approximate surface area is 177 Å². The number of amides is 2. The second-order valence-corrected chi connectivity index (χ2v) is 8.33. The highest BCUT2D eigenvalue weighted by atomic mass is 32.1. The molecule has 1 aromatic carbocycles. The normalized spacial score (nSPS) is 22.1. The third-order valence-corrected chi connectivity index (χ3v) is 6.27. The fraction of sp³-hybridized carbons (Fsp3) is 0.450. The summed E-state index contributed by atoms with van der Waals surface area (Å²) in [6.45, 7) is 2.00. The van der Waals surface area contributed by atoms with E-state index in [0.717, 1.165) is 0 Å². The van der Waals surface area contributed by atoms with Gasteiger partial charge in [-0.1, -0.05) is 11.3 Å². The predicted molar refractivity (Wildman–Crippen MR) is 109 cm³/mol. The molecule has 1 spiro atoms. The van der Waals surface area contributed by atoms with Crippen molar-refractivity contribution in [2.75, 3.05) is 19.0 Å². The van der Waals surface area contributed by atoms with Gasteiger partial charge in [0, 0.05) is 25.5 Å². The number of nitrogens with zero attached hydrogens (tertiary/aromatic N) is 3. The topological polar surface area (TPSA) is 111 Å². The molecule has 1 saturated heterocycles. The molecule has 2 aliphatic rings. The summed E-state index contributed by atoms with van der Waals surface area (Å²) in [5.41, 5.74) is 1.28. The maximum atomic E-state index is 12.8. The van der Waals surface area contributed by atoms with Crippen molar-refractivity contribution in [3.05, 3.63) is 29.3 Å². The van der Waals surface area contributed by atoms with Gasteiger partial charge < -0.3 is 14.4 Å². The molecule has 0 radical (unpaired) electrons. The first-order valence-electron chi connectivity index (χ1n) is 9.67. The molecule has 2 aromatic rings. The van der Waals surface area contributed by atoms with Crippen molar-refractivity contribution in [1.82, 2.24) is 15.1 Å². The zero-order chi connectivity index (χ0) is 21.3. The van der Waals surface area contributed by atoms with Crippen molar-refractivity contribution in [1.29, 1.82) is 0 Å². The summed E-state index contributed by atoms with van der Waals surface area (Å²) >= 11 is 1.21. The summed E-state index contributed by atoms with van der Waals surface area (Å²) in [6.07, 6.45) is 1.27. The molecule has 9 nitrogen and oxygen atoms in total. The van der Waals surface area contributed by atoms with Crippen LogP contribution in [-0.4, -0.2) is 58.0 Å². The maximum Gasteiger partial charge on any atom is 0.248 e. The molecule has 0 saturated carbocycles. The van der Waals surface area contributed by atoms with Crippen LogP contribution in [0.25, 0.3) is 0 Å². The second-order valence-electron chi connectivity index (χ2n) is 7.49. The van der Waals surface area contributed by atoms with Crippen LogP contribution in [0.1, 0.15) is 43.0 Å². The molecule has 2 aliphatic heterocycles. The molecular formula is C20H22N4O5S. The Morgan fingerprint density at radius 2 is 2.20 bits per heavy atom. The first-order chi connectivity index (χ1) is 14.4. The SMILES string of the molecule is COc1ccc2c(c1)O[C@]1(CCC(=O)N([C@H](C)C(=O)Nc3nncs3)CC1)CC2=O. The number of aromatic nitrogens is 2. The quantitative estimate of drug-likeness (QED) is 0.792. The van der Waals surface area contributed by atoms with E-state index in [1.54, 1.807) is 37.1 Å². The van der Waals surface area contributed by atoms with Crippen LogP contribution in [0.15, 0.2) is 23.7 Å². The highest BCUT2D eigenvalue weighted by molar-refractivity contribution is 7.13. The molecule has 1 fully saturated rings. The molecule has 2 amide bonds. The van der Waals surface area contributed by atoms with Gasteiger partial charge >= 0.3 is 0 Å². The molecular weight excluding hydrogens is 408 g/mol. The average molecular weight is 430 g/mol. The van der Waals surface area contributed by atoms with Gasteiger partial charge in [-0.25, -0.2) is 0 Å². The number of carbonyl (C=O) groups excluding carboxylic acids is 3. The minimum Gasteiger partial charge on any atom is -0.497 e. The number of Topliss-reactive ketones (excluding diaryl/α,β-unsaturated/α-hetero) is 1. The number of ether oxygens (including phenoxy) is 2. The van der Waals surface area contributed by atoms with E-state index in [0.29, 0.717) is 41.6 Å². The number of anilines is 1. The van der Waals surface area contributed by atoms with Crippen molar-refractivity contribution < 1.29 is 23.9 Å². The highest BCUT2D eigenvalue weighted by Gasteiger charge is 2.44. The number of ketones is 1. The van der Waals surface area contributed by atoms with Crippen LogP contribution in [0.5, 0.6) is 11.5 Å². The molecule has 0 unspecified atom stereocenters. The molecule has 1 N–H and O–H groups in total. The number of methoxy groups -OCH3 is 1. The molecule has 30 heavy (non-hydrogen) atoms. The van der Waals surface area contributed by atoms with Crippen LogP contribution in [0.3, 0.4) is 0 Å². The molecule has 10 heteroatoms. The van der Waals surface area contributed by atoms with Gasteiger partial charge in [-0.2, -0.15) is 0 Å². The highest BCUT2D eigenvalue weighted by Crippen LogP contribution is 2.41. The standard InChI is InChI=1S/C20H22N4O5S/c1-12(18(27)22-19-23-21-11-30-19)24-8-7-20(6-5-17(24)26)10-15(25)14-4-3-13(28-2)9-16(14)29-20/h3-4,9,11-12H,5-8,10H2,1-2H3,(H,22,23,27)/t12-,20+/m1/s1. The summed E-state index contributed by atoms with van der Waals surface area (Å²) in [5, 5.41) is 10.5. The van der Waals surface area contributed by atoms with Crippen molar-refractivity contribution in [2.24, 2.45) is 0 Å². The molecule has 158 valence electrons. The lowest BCUT2D eigenvalue weighted by Crippen LogP contribution is -2.46. The molecule has 2 atom stereocenters. The van der Waals surface area contributed by atoms with Gasteiger partial charge in [0.2, 0.25) is 16.9 Å². The first kappa shape index (κ1) is 20.3. The van der Waals surface area contributed by atoms with Crippen LogP contribution >= 0.6 is 11.3 Å². The molecule has 1 aromatic heterocycles. The molecule has 3 heterocycles. The molecule has 0 aliphatic carbocycles. The second kappa shape index (κ2) is 8.02. The fourth-order valence-corrected chi connectivity index (χ4v) is 4.37.